The van der Waals surface area contributed by atoms with Gasteiger partial charge in [0, 0.05) is 5.56 Å². The third kappa shape index (κ3) is 3.44. The second-order valence-electron chi connectivity index (χ2n) is 6.44. The van der Waals surface area contributed by atoms with Crippen LogP contribution in [0.15, 0.2) is 72.8 Å². The first-order valence-corrected chi connectivity index (χ1v) is 8.81. The molecule has 0 spiro atoms. The van der Waals surface area contributed by atoms with Crippen LogP contribution in [0.3, 0.4) is 0 Å². The molecule has 0 aliphatic heterocycles. The summed E-state index contributed by atoms with van der Waals surface area (Å²) in [6.45, 7) is 3.75. The SMILES string of the molecule is Cc1ccc(O[C@@H](C)C(=O)c2ccccc2)c(-n2nc3ccccc3n2)c1. The van der Waals surface area contributed by atoms with Crippen molar-refractivity contribution in [2.75, 3.05) is 0 Å². The molecule has 0 N–H and O–H groups in total. The standard InChI is InChI=1S/C22H19N3O2/c1-15-12-13-21(27-16(2)22(26)17-8-4-3-5-9-17)20(14-15)25-23-18-10-6-7-11-19(18)24-25/h3-14,16H,1-2H3/t16-/m0/s1. The molecule has 27 heavy (non-hydrogen) atoms. The summed E-state index contributed by atoms with van der Waals surface area (Å²) >= 11 is 0. The Bertz CT molecular complexity index is 1070. The summed E-state index contributed by atoms with van der Waals surface area (Å²) in [4.78, 5) is 14.2. The van der Waals surface area contributed by atoms with Crippen molar-refractivity contribution in [1.82, 2.24) is 15.0 Å². The first-order chi connectivity index (χ1) is 13.1. The van der Waals surface area contributed by atoms with Crippen molar-refractivity contribution in [2.45, 2.75) is 20.0 Å². The Morgan fingerprint density at radius 1 is 0.926 bits per heavy atom. The minimum atomic E-state index is -0.626. The van der Waals surface area contributed by atoms with Crippen LogP contribution in [0.2, 0.25) is 0 Å². The molecule has 1 atom stereocenters. The number of hydrogen-bond donors (Lipinski definition) is 0. The Kier molecular flexibility index (Phi) is 4.42. The summed E-state index contributed by atoms with van der Waals surface area (Å²) in [5, 5.41) is 9.07. The molecule has 0 aliphatic carbocycles. The predicted molar refractivity (Wildman–Crippen MR) is 104 cm³/mol. The van der Waals surface area contributed by atoms with Crippen molar-refractivity contribution in [3.8, 4) is 11.4 Å². The van der Waals surface area contributed by atoms with Crippen LogP contribution in [0.1, 0.15) is 22.8 Å². The van der Waals surface area contributed by atoms with Gasteiger partial charge in [-0.25, -0.2) is 0 Å². The first-order valence-electron chi connectivity index (χ1n) is 8.81. The van der Waals surface area contributed by atoms with E-state index in [2.05, 4.69) is 10.2 Å². The molecule has 4 rings (SSSR count). The van der Waals surface area contributed by atoms with Gasteiger partial charge in [0.1, 0.15) is 22.5 Å². The van der Waals surface area contributed by atoms with E-state index in [0.29, 0.717) is 17.0 Å². The molecule has 0 amide bonds. The van der Waals surface area contributed by atoms with Crippen LogP contribution >= 0.6 is 0 Å². The van der Waals surface area contributed by atoms with Gasteiger partial charge >= 0.3 is 0 Å². The number of carbonyl (C=O) groups excluding carboxylic acids is 1. The molecule has 0 saturated heterocycles. The average Bonchev–Trinajstić information content (AvgIpc) is 3.13. The summed E-state index contributed by atoms with van der Waals surface area (Å²) in [6, 6.07) is 22.6. The summed E-state index contributed by atoms with van der Waals surface area (Å²) in [6.07, 6.45) is -0.626. The Hall–Kier alpha value is -3.47. The van der Waals surface area contributed by atoms with Gasteiger partial charge in [0.15, 0.2) is 6.10 Å². The maximum Gasteiger partial charge on any atom is 0.202 e. The molecule has 0 radical (unpaired) electrons. The van der Waals surface area contributed by atoms with Gasteiger partial charge in [0.25, 0.3) is 0 Å². The third-order valence-electron chi connectivity index (χ3n) is 4.35. The fourth-order valence-corrected chi connectivity index (χ4v) is 2.93. The highest BCUT2D eigenvalue weighted by Gasteiger charge is 2.19. The number of aromatic nitrogens is 3. The Balaban J connectivity index is 1.68. The molecule has 134 valence electrons. The average molecular weight is 357 g/mol. The van der Waals surface area contributed by atoms with Gasteiger partial charge in [-0.05, 0) is 43.7 Å². The fraction of sp³-hybridized carbons (Fsp3) is 0.136. The number of ether oxygens (including phenoxy) is 1. The van der Waals surface area contributed by atoms with Gasteiger partial charge in [-0.1, -0.05) is 48.5 Å². The smallest absolute Gasteiger partial charge is 0.202 e. The zero-order valence-corrected chi connectivity index (χ0v) is 15.2. The van der Waals surface area contributed by atoms with Crippen molar-refractivity contribution in [1.29, 1.82) is 0 Å². The highest BCUT2D eigenvalue weighted by molar-refractivity contribution is 5.99. The van der Waals surface area contributed by atoms with Crippen LogP contribution in [0.5, 0.6) is 5.75 Å². The van der Waals surface area contributed by atoms with Gasteiger partial charge < -0.3 is 4.74 Å². The summed E-state index contributed by atoms with van der Waals surface area (Å²) < 4.78 is 6.02. The largest absolute Gasteiger partial charge is 0.480 e. The Morgan fingerprint density at radius 2 is 1.56 bits per heavy atom. The molecule has 5 nitrogen and oxygen atoms in total. The molecule has 0 unspecified atom stereocenters. The molecule has 0 aliphatic rings. The van der Waals surface area contributed by atoms with Gasteiger partial charge in [-0.2, -0.15) is 0 Å². The molecule has 1 aromatic heterocycles. The van der Waals surface area contributed by atoms with E-state index >= 15 is 0 Å². The lowest BCUT2D eigenvalue weighted by atomic mass is 10.1. The molecule has 3 aromatic carbocycles. The number of benzene rings is 3. The van der Waals surface area contributed by atoms with E-state index in [-0.39, 0.29) is 5.78 Å². The number of aryl methyl sites for hydroxylation is 1. The molecule has 5 heteroatoms. The van der Waals surface area contributed by atoms with E-state index in [9.17, 15) is 4.79 Å². The Labute approximate surface area is 157 Å². The summed E-state index contributed by atoms with van der Waals surface area (Å²) in [5.74, 6) is 0.499. The lowest BCUT2D eigenvalue weighted by molar-refractivity contribution is 0.0817. The molecular formula is C22H19N3O2. The Morgan fingerprint density at radius 3 is 2.22 bits per heavy atom. The summed E-state index contributed by atoms with van der Waals surface area (Å²) in [7, 11) is 0. The van der Waals surface area contributed by atoms with Crippen molar-refractivity contribution in [2.24, 2.45) is 0 Å². The highest BCUT2D eigenvalue weighted by Crippen LogP contribution is 2.26. The monoisotopic (exact) mass is 357 g/mol. The van der Waals surface area contributed by atoms with Crippen LogP contribution < -0.4 is 4.74 Å². The van der Waals surface area contributed by atoms with Gasteiger partial charge in [-0.15, -0.1) is 15.0 Å². The van der Waals surface area contributed by atoms with E-state index in [0.717, 1.165) is 16.6 Å². The number of carbonyl (C=O) groups is 1. The molecule has 0 bridgehead atoms. The van der Waals surface area contributed by atoms with Crippen LogP contribution in [-0.2, 0) is 0 Å². The summed E-state index contributed by atoms with van der Waals surface area (Å²) in [5.41, 5.74) is 4.00. The van der Waals surface area contributed by atoms with Gasteiger partial charge in [-0.3, -0.25) is 4.79 Å². The number of rotatable bonds is 5. The molecular weight excluding hydrogens is 338 g/mol. The predicted octanol–water partition coefficient (Wildman–Crippen LogP) is 4.38. The van der Waals surface area contributed by atoms with Gasteiger partial charge in [0.2, 0.25) is 5.78 Å². The van der Waals surface area contributed by atoms with E-state index in [1.807, 2.05) is 67.6 Å². The normalized spacial score (nSPS) is 12.1. The molecule has 0 fully saturated rings. The number of fused-ring (bicyclic) bond motifs is 1. The van der Waals surface area contributed by atoms with Crippen LogP contribution in [-0.4, -0.2) is 26.9 Å². The topological polar surface area (TPSA) is 57.0 Å². The van der Waals surface area contributed by atoms with Crippen LogP contribution in [0.4, 0.5) is 0 Å². The second kappa shape index (κ2) is 7.03. The van der Waals surface area contributed by atoms with Crippen molar-refractivity contribution >= 4 is 16.8 Å². The maximum atomic E-state index is 12.6. The number of Topliss-reactive ketones (excluding diaryl/α,β-unsaturated/α-hetero) is 1. The lowest BCUT2D eigenvalue weighted by Crippen LogP contribution is -2.24. The number of ketones is 1. The molecule has 0 saturated carbocycles. The first kappa shape index (κ1) is 17.0. The van der Waals surface area contributed by atoms with E-state index < -0.39 is 6.10 Å². The van der Waals surface area contributed by atoms with E-state index in [1.165, 1.54) is 0 Å². The van der Waals surface area contributed by atoms with Crippen LogP contribution in [0, 0.1) is 6.92 Å². The highest BCUT2D eigenvalue weighted by atomic mass is 16.5. The second-order valence-corrected chi connectivity index (χ2v) is 6.44. The minimum Gasteiger partial charge on any atom is -0.480 e. The molecule has 1 heterocycles. The fourth-order valence-electron chi connectivity index (χ4n) is 2.93. The van der Waals surface area contributed by atoms with Crippen molar-refractivity contribution in [3.05, 3.63) is 83.9 Å². The zero-order chi connectivity index (χ0) is 18.8. The molecule has 4 aromatic rings. The van der Waals surface area contributed by atoms with E-state index in [4.69, 9.17) is 4.74 Å². The minimum absolute atomic E-state index is 0.0688. The van der Waals surface area contributed by atoms with Crippen LogP contribution in [0.25, 0.3) is 16.7 Å². The number of nitrogens with zero attached hydrogens (tertiary/aromatic N) is 3. The number of hydrogen-bond acceptors (Lipinski definition) is 4. The third-order valence-corrected chi connectivity index (χ3v) is 4.35. The lowest BCUT2D eigenvalue weighted by Gasteiger charge is -2.16. The quantitative estimate of drug-likeness (QED) is 0.497. The van der Waals surface area contributed by atoms with Crippen molar-refractivity contribution < 1.29 is 9.53 Å². The maximum absolute atomic E-state index is 12.6. The van der Waals surface area contributed by atoms with Gasteiger partial charge in [0.05, 0.1) is 0 Å². The van der Waals surface area contributed by atoms with Crippen molar-refractivity contribution in [3.63, 3.8) is 0 Å². The zero-order valence-electron chi connectivity index (χ0n) is 15.2. The van der Waals surface area contributed by atoms with E-state index in [1.54, 1.807) is 23.9 Å².